The van der Waals surface area contributed by atoms with Crippen molar-refractivity contribution in [3.8, 4) is 0 Å². The third kappa shape index (κ3) is 5.22. The van der Waals surface area contributed by atoms with Gasteiger partial charge in [0.1, 0.15) is 4.90 Å². The van der Waals surface area contributed by atoms with Gasteiger partial charge in [0, 0.05) is 19.3 Å². The van der Waals surface area contributed by atoms with Crippen molar-refractivity contribution in [2.24, 2.45) is 5.41 Å². The Kier molecular flexibility index (Phi) is 6.16. The molecular formula is C13H26N4O2S. The average molecular weight is 302 g/mol. The van der Waals surface area contributed by atoms with Crippen molar-refractivity contribution in [1.82, 2.24) is 19.8 Å². The second-order valence-corrected chi connectivity index (χ2v) is 7.40. The van der Waals surface area contributed by atoms with E-state index in [0.717, 1.165) is 19.5 Å². The van der Waals surface area contributed by atoms with Gasteiger partial charge in [-0.2, -0.15) is 5.10 Å². The molecule has 7 heteroatoms. The van der Waals surface area contributed by atoms with Crippen molar-refractivity contribution >= 4 is 10.0 Å². The summed E-state index contributed by atoms with van der Waals surface area (Å²) in [5.41, 5.74) is -0.0475. The van der Waals surface area contributed by atoms with Gasteiger partial charge in [-0.05, 0) is 18.4 Å². The number of hydrogen-bond acceptors (Lipinski definition) is 4. The summed E-state index contributed by atoms with van der Waals surface area (Å²) in [7, 11) is -3.47. The van der Waals surface area contributed by atoms with E-state index in [0.29, 0.717) is 13.1 Å². The third-order valence-corrected chi connectivity index (χ3v) is 4.74. The van der Waals surface area contributed by atoms with E-state index in [1.54, 1.807) is 10.9 Å². The maximum absolute atomic E-state index is 12.2. The van der Waals surface area contributed by atoms with Crippen LogP contribution in [-0.2, 0) is 16.6 Å². The minimum absolute atomic E-state index is 0.0475. The molecule has 0 bridgehead atoms. The van der Waals surface area contributed by atoms with Crippen molar-refractivity contribution in [2.75, 3.05) is 19.6 Å². The maximum Gasteiger partial charge on any atom is 0.243 e. The molecule has 2 N–H and O–H groups in total. The van der Waals surface area contributed by atoms with E-state index in [1.165, 1.54) is 6.20 Å². The Balaban J connectivity index is 2.64. The molecule has 0 radical (unpaired) electrons. The van der Waals surface area contributed by atoms with Crippen molar-refractivity contribution < 1.29 is 8.42 Å². The highest BCUT2D eigenvalue weighted by Gasteiger charge is 2.21. The summed E-state index contributed by atoms with van der Waals surface area (Å²) in [5.74, 6) is 0. The van der Waals surface area contributed by atoms with Crippen LogP contribution in [0.25, 0.3) is 0 Å². The van der Waals surface area contributed by atoms with E-state index in [2.05, 4.69) is 15.1 Å². The Labute approximate surface area is 122 Å². The lowest BCUT2D eigenvalue weighted by atomic mass is 9.91. The molecule has 0 saturated carbocycles. The second kappa shape index (κ2) is 7.19. The molecule has 0 fully saturated rings. The normalized spacial score (nSPS) is 12.8. The highest BCUT2D eigenvalue weighted by atomic mass is 32.2. The van der Waals surface area contributed by atoms with Crippen LogP contribution < -0.4 is 10.0 Å². The summed E-state index contributed by atoms with van der Waals surface area (Å²) in [4.78, 5) is 0.223. The Morgan fingerprint density at radius 2 is 2.05 bits per heavy atom. The molecule has 6 nitrogen and oxygen atoms in total. The molecule has 0 atom stereocenters. The van der Waals surface area contributed by atoms with Crippen LogP contribution in [0.5, 0.6) is 0 Å². The summed E-state index contributed by atoms with van der Waals surface area (Å²) in [6.45, 7) is 10.9. The second-order valence-electron chi connectivity index (χ2n) is 5.63. The molecule has 0 aliphatic heterocycles. The summed E-state index contributed by atoms with van der Waals surface area (Å²) in [5, 5.41) is 7.25. The molecule has 0 saturated heterocycles. The molecule has 0 aliphatic rings. The van der Waals surface area contributed by atoms with Gasteiger partial charge in [0.15, 0.2) is 0 Å². The first-order valence-electron chi connectivity index (χ1n) is 7.03. The monoisotopic (exact) mass is 302 g/mol. The molecule has 0 spiro atoms. The lowest BCUT2D eigenvalue weighted by molar-refractivity contribution is 0.350. The molecular weight excluding hydrogens is 276 g/mol. The van der Waals surface area contributed by atoms with Gasteiger partial charge in [-0.1, -0.05) is 27.7 Å². The van der Waals surface area contributed by atoms with Crippen molar-refractivity contribution in [3.05, 3.63) is 12.4 Å². The molecule has 1 heterocycles. The van der Waals surface area contributed by atoms with Crippen LogP contribution in [0.15, 0.2) is 17.3 Å². The largest absolute Gasteiger partial charge is 0.315 e. The van der Waals surface area contributed by atoms with Gasteiger partial charge in [-0.3, -0.25) is 4.68 Å². The van der Waals surface area contributed by atoms with Crippen LogP contribution in [0.4, 0.5) is 0 Å². The first kappa shape index (κ1) is 17.1. The first-order valence-corrected chi connectivity index (χ1v) is 8.52. The van der Waals surface area contributed by atoms with Crippen LogP contribution in [-0.4, -0.2) is 37.8 Å². The molecule has 116 valence electrons. The van der Waals surface area contributed by atoms with E-state index in [-0.39, 0.29) is 10.3 Å². The number of rotatable bonds is 9. The fourth-order valence-corrected chi connectivity index (χ4v) is 2.67. The van der Waals surface area contributed by atoms with Gasteiger partial charge in [0.05, 0.1) is 12.7 Å². The number of aromatic nitrogens is 2. The third-order valence-electron chi connectivity index (χ3n) is 3.39. The molecule has 0 amide bonds. The predicted octanol–water partition coefficient (Wildman–Crippen LogP) is 1.21. The minimum Gasteiger partial charge on any atom is -0.315 e. The predicted molar refractivity (Wildman–Crippen MR) is 80.0 cm³/mol. The van der Waals surface area contributed by atoms with Gasteiger partial charge in [0.25, 0.3) is 0 Å². The topological polar surface area (TPSA) is 76.0 Å². The number of nitrogens with one attached hydrogen (secondary N) is 2. The number of hydrogen-bond donors (Lipinski definition) is 2. The fraction of sp³-hybridized carbons (Fsp3) is 0.769. The van der Waals surface area contributed by atoms with Crippen LogP contribution in [0.1, 0.15) is 34.1 Å². The van der Waals surface area contributed by atoms with Gasteiger partial charge in [-0.15, -0.1) is 0 Å². The molecule has 1 aromatic heterocycles. The van der Waals surface area contributed by atoms with Crippen LogP contribution in [0, 0.1) is 5.41 Å². The summed E-state index contributed by atoms with van der Waals surface area (Å²) >= 11 is 0. The van der Waals surface area contributed by atoms with E-state index < -0.39 is 10.0 Å². The van der Waals surface area contributed by atoms with Crippen LogP contribution in [0.2, 0.25) is 0 Å². The Morgan fingerprint density at radius 1 is 1.35 bits per heavy atom. The number of likely N-dealkylation sites (N-methyl/N-ethyl adjacent to an activating group) is 1. The fourth-order valence-electron chi connectivity index (χ4n) is 1.47. The zero-order valence-corrected chi connectivity index (χ0v) is 13.6. The molecule has 0 aromatic carbocycles. The van der Waals surface area contributed by atoms with Gasteiger partial charge < -0.3 is 5.32 Å². The van der Waals surface area contributed by atoms with E-state index >= 15 is 0 Å². The lowest BCUT2D eigenvalue weighted by Gasteiger charge is -2.22. The molecule has 0 unspecified atom stereocenters. The summed E-state index contributed by atoms with van der Waals surface area (Å²) < 4.78 is 28.6. The highest BCUT2D eigenvalue weighted by Crippen LogP contribution is 2.19. The minimum atomic E-state index is -3.47. The summed E-state index contributed by atoms with van der Waals surface area (Å²) in [6.07, 6.45) is 3.88. The number of sulfonamides is 1. The SMILES string of the molecule is CCNCCn1cc(S(=O)(=O)NCC(C)(C)CC)cn1. The van der Waals surface area contributed by atoms with Crippen molar-refractivity contribution in [1.29, 1.82) is 0 Å². The Morgan fingerprint density at radius 3 is 2.65 bits per heavy atom. The van der Waals surface area contributed by atoms with Gasteiger partial charge >= 0.3 is 0 Å². The van der Waals surface area contributed by atoms with Gasteiger partial charge in [0.2, 0.25) is 10.0 Å². The molecule has 1 aromatic rings. The lowest BCUT2D eigenvalue weighted by Crippen LogP contribution is -2.33. The van der Waals surface area contributed by atoms with Crippen molar-refractivity contribution in [2.45, 2.75) is 45.6 Å². The van der Waals surface area contributed by atoms with Crippen molar-refractivity contribution in [3.63, 3.8) is 0 Å². The van der Waals surface area contributed by atoms with Crippen LogP contribution >= 0.6 is 0 Å². The van der Waals surface area contributed by atoms with E-state index in [9.17, 15) is 8.42 Å². The number of nitrogens with zero attached hydrogens (tertiary/aromatic N) is 2. The quantitative estimate of drug-likeness (QED) is 0.672. The Bertz CT molecular complexity index is 508. The average Bonchev–Trinajstić information content (AvgIpc) is 2.87. The molecule has 0 aliphatic carbocycles. The summed E-state index contributed by atoms with van der Waals surface area (Å²) in [6, 6.07) is 0. The smallest absolute Gasteiger partial charge is 0.243 e. The van der Waals surface area contributed by atoms with E-state index in [1.807, 2.05) is 27.7 Å². The molecule has 20 heavy (non-hydrogen) atoms. The standard InChI is InChI=1S/C13H26N4O2S/c1-5-13(3,4)11-16-20(18,19)12-9-15-17(10-12)8-7-14-6-2/h9-10,14,16H,5-8,11H2,1-4H3. The first-order chi connectivity index (χ1) is 9.30. The maximum atomic E-state index is 12.2. The van der Waals surface area contributed by atoms with Crippen LogP contribution in [0.3, 0.4) is 0 Å². The zero-order chi connectivity index (χ0) is 15.2. The highest BCUT2D eigenvalue weighted by molar-refractivity contribution is 7.89. The molecule has 1 rings (SSSR count). The van der Waals surface area contributed by atoms with E-state index in [4.69, 9.17) is 0 Å². The Hall–Kier alpha value is -0.920. The van der Waals surface area contributed by atoms with Gasteiger partial charge in [-0.25, -0.2) is 13.1 Å². The zero-order valence-electron chi connectivity index (χ0n) is 12.8.